The van der Waals surface area contributed by atoms with Crippen molar-refractivity contribution >= 4 is 11.7 Å². The third-order valence-electron chi connectivity index (χ3n) is 6.16. The smallest absolute Gasteiger partial charge is 0.225 e. The second-order valence-electron chi connectivity index (χ2n) is 7.69. The van der Waals surface area contributed by atoms with Crippen LogP contribution < -0.4 is 5.32 Å². The minimum atomic E-state index is 0. The van der Waals surface area contributed by atoms with Crippen molar-refractivity contribution in [1.82, 2.24) is 10.2 Å². The molecule has 1 N–H and O–H groups in total. The molecule has 1 aliphatic carbocycles. The molecule has 1 amide bonds. The number of piperidine rings is 1. The van der Waals surface area contributed by atoms with Crippen LogP contribution in [-0.4, -0.2) is 42.8 Å². The van der Waals surface area contributed by atoms with Gasteiger partial charge in [0.25, 0.3) is 0 Å². The summed E-state index contributed by atoms with van der Waals surface area (Å²) in [5.74, 6) is 1.20. The number of hydrogen-bond donors (Lipinski definition) is 1. The number of likely N-dealkylation sites (tertiary alicyclic amines) is 1. The first kappa shape index (κ1) is 23.2. The minimum Gasteiger partial charge on any atom is -0.346 e. The Balaban J connectivity index is 0.00000101. The molecule has 1 saturated carbocycles. The van der Waals surface area contributed by atoms with Crippen LogP contribution in [0.15, 0.2) is 0 Å². The first-order valence-electron chi connectivity index (χ1n) is 9.86. The summed E-state index contributed by atoms with van der Waals surface area (Å²) < 4.78 is 0. The van der Waals surface area contributed by atoms with Crippen LogP contribution in [-0.2, 0) is 42.3 Å². The molecule has 141 valence electrons. The Morgan fingerprint density at radius 1 is 1.04 bits per heavy atom. The Morgan fingerprint density at radius 3 is 2.00 bits per heavy atom. The summed E-state index contributed by atoms with van der Waals surface area (Å²) in [6, 6.07) is 0. The molecule has 5 heteroatoms. The number of rotatable bonds is 4. The van der Waals surface area contributed by atoms with Crippen LogP contribution in [0.2, 0.25) is 0 Å². The van der Waals surface area contributed by atoms with Crippen molar-refractivity contribution in [2.45, 2.75) is 65.2 Å². The number of nitrogens with zero attached hydrogens (tertiary/aromatic N) is 1. The molecule has 3 aliphatic rings. The number of Topliss-reactive ketones (excluding diaryl/α,β-unsaturated/α-hetero) is 1. The molecule has 1 spiro atoms. The molecule has 0 aromatic rings. The van der Waals surface area contributed by atoms with E-state index in [-0.39, 0.29) is 44.5 Å². The minimum absolute atomic E-state index is 0. The van der Waals surface area contributed by atoms with E-state index in [0.29, 0.717) is 23.5 Å². The zero-order valence-corrected chi connectivity index (χ0v) is 19.0. The molecule has 2 aliphatic heterocycles. The van der Waals surface area contributed by atoms with Gasteiger partial charge in [-0.3, -0.25) is 9.59 Å². The SMILES string of the molecule is CCCC(=O)C1CCC(C(=O)N2CCC3(CC2)CNC3)CC1.[CH2-]C.[Y]. The summed E-state index contributed by atoms with van der Waals surface area (Å²) in [7, 11) is 0. The predicted octanol–water partition coefficient (Wildman–Crippen LogP) is 3.21. The number of carbonyl (C=O) groups excluding carboxylic acids is 2. The van der Waals surface area contributed by atoms with Gasteiger partial charge in [0.15, 0.2) is 0 Å². The summed E-state index contributed by atoms with van der Waals surface area (Å²) >= 11 is 0. The van der Waals surface area contributed by atoms with Gasteiger partial charge in [0.05, 0.1) is 0 Å². The number of hydrogen-bond acceptors (Lipinski definition) is 3. The van der Waals surface area contributed by atoms with Crippen LogP contribution in [0.1, 0.15) is 65.2 Å². The quantitative estimate of drug-likeness (QED) is 0.706. The average Bonchev–Trinajstić information content (AvgIpc) is 2.62. The maximum absolute atomic E-state index is 12.7. The van der Waals surface area contributed by atoms with Gasteiger partial charge in [0.1, 0.15) is 5.78 Å². The summed E-state index contributed by atoms with van der Waals surface area (Å²) in [6.45, 7) is 11.2. The van der Waals surface area contributed by atoms with E-state index < -0.39 is 0 Å². The van der Waals surface area contributed by atoms with Crippen molar-refractivity contribution in [1.29, 1.82) is 0 Å². The van der Waals surface area contributed by atoms with E-state index in [9.17, 15) is 9.59 Å². The van der Waals surface area contributed by atoms with Gasteiger partial charge in [-0.05, 0) is 50.4 Å². The van der Waals surface area contributed by atoms with E-state index in [2.05, 4.69) is 24.1 Å². The van der Waals surface area contributed by atoms with Crippen LogP contribution >= 0.6 is 0 Å². The summed E-state index contributed by atoms with van der Waals surface area (Å²) in [4.78, 5) is 26.8. The molecular formula is C20H35N2O2Y-. The topological polar surface area (TPSA) is 49.4 Å². The monoisotopic (exact) mass is 424 g/mol. The maximum atomic E-state index is 12.7. The van der Waals surface area contributed by atoms with Crippen LogP contribution in [0.3, 0.4) is 0 Å². The largest absolute Gasteiger partial charge is 0.346 e. The van der Waals surface area contributed by atoms with Crippen LogP contribution in [0.5, 0.6) is 0 Å². The predicted molar refractivity (Wildman–Crippen MR) is 97.5 cm³/mol. The Bertz CT molecular complexity index is 419. The molecule has 2 heterocycles. The number of nitrogens with one attached hydrogen (secondary N) is 1. The second-order valence-corrected chi connectivity index (χ2v) is 7.69. The Hall–Kier alpha value is 0.204. The third kappa shape index (κ3) is 5.84. The van der Waals surface area contributed by atoms with Gasteiger partial charge in [-0.15, -0.1) is 0 Å². The molecule has 0 aromatic heterocycles. The molecule has 0 unspecified atom stereocenters. The third-order valence-corrected chi connectivity index (χ3v) is 6.16. The van der Waals surface area contributed by atoms with Gasteiger partial charge in [0.2, 0.25) is 5.91 Å². The summed E-state index contributed by atoms with van der Waals surface area (Å²) in [5.41, 5.74) is 0.501. The molecule has 3 fully saturated rings. The van der Waals surface area contributed by atoms with E-state index in [1.807, 2.05) is 0 Å². The Kier molecular flexibility index (Phi) is 10.4. The molecule has 0 bridgehead atoms. The van der Waals surface area contributed by atoms with E-state index in [1.54, 1.807) is 6.92 Å². The average molecular weight is 424 g/mol. The summed E-state index contributed by atoms with van der Waals surface area (Å²) in [6.07, 6.45) is 7.68. The first-order chi connectivity index (χ1) is 11.6. The van der Waals surface area contributed by atoms with E-state index in [0.717, 1.165) is 71.1 Å². The molecule has 25 heavy (non-hydrogen) atoms. The Labute approximate surface area is 179 Å². The number of carbonyl (C=O) groups is 2. The normalized spacial score (nSPS) is 27.4. The fourth-order valence-electron chi connectivity index (χ4n) is 4.40. The molecule has 0 atom stereocenters. The fourth-order valence-corrected chi connectivity index (χ4v) is 4.40. The second kappa shape index (κ2) is 11.1. The van der Waals surface area contributed by atoms with E-state index in [4.69, 9.17) is 0 Å². The van der Waals surface area contributed by atoms with Gasteiger partial charge in [0, 0.05) is 77.1 Å². The summed E-state index contributed by atoms with van der Waals surface area (Å²) in [5, 5.41) is 3.37. The van der Waals surface area contributed by atoms with E-state index >= 15 is 0 Å². The maximum Gasteiger partial charge on any atom is 0.225 e. The molecule has 2 saturated heterocycles. The van der Waals surface area contributed by atoms with E-state index in [1.165, 1.54) is 0 Å². The van der Waals surface area contributed by atoms with Gasteiger partial charge in [-0.25, -0.2) is 0 Å². The Morgan fingerprint density at radius 2 is 1.56 bits per heavy atom. The van der Waals surface area contributed by atoms with Gasteiger partial charge < -0.3 is 17.1 Å². The molecule has 3 rings (SSSR count). The van der Waals surface area contributed by atoms with Crippen LogP contribution in [0, 0.1) is 24.2 Å². The van der Waals surface area contributed by atoms with Crippen molar-refractivity contribution in [3.05, 3.63) is 6.92 Å². The van der Waals surface area contributed by atoms with Gasteiger partial charge >= 0.3 is 0 Å². The zero-order valence-electron chi connectivity index (χ0n) is 16.2. The molecule has 0 aromatic carbocycles. The van der Waals surface area contributed by atoms with Crippen LogP contribution in [0.4, 0.5) is 0 Å². The van der Waals surface area contributed by atoms with Crippen LogP contribution in [0.25, 0.3) is 0 Å². The van der Waals surface area contributed by atoms with Crippen molar-refractivity contribution in [2.75, 3.05) is 26.2 Å². The molecule has 4 nitrogen and oxygen atoms in total. The number of amides is 1. The molecule has 1 radical (unpaired) electrons. The fraction of sp³-hybridized carbons (Fsp3) is 0.850. The van der Waals surface area contributed by atoms with Crippen molar-refractivity contribution < 1.29 is 42.3 Å². The van der Waals surface area contributed by atoms with Gasteiger partial charge in [-0.2, -0.15) is 6.92 Å². The van der Waals surface area contributed by atoms with Crippen molar-refractivity contribution in [3.8, 4) is 0 Å². The van der Waals surface area contributed by atoms with Crippen molar-refractivity contribution in [2.24, 2.45) is 17.3 Å². The first-order valence-corrected chi connectivity index (χ1v) is 9.86. The number of ketones is 1. The van der Waals surface area contributed by atoms with Gasteiger partial charge in [-0.1, -0.05) is 6.92 Å². The van der Waals surface area contributed by atoms with Crippen molar-refractivity contribution in [3.63, 3.8) is 0 Å². The standard InChI is InChI=1S/C18H30N2O2.C2H5.Y/c1-2-3-16(21)14-4-6-15(7-5-14)17(22)20-10-8-18(9-11-20)12-19-13-18;1-2;/h14-15,19H,2-13H2,1H3;1H2,2H3;/q;-1;. The zero-order chi connectivity index (χ0) is 17.6. The molecular weight excluding hydrogens is 389 g/mol.